The SMILES string of the molecule is COc1ccc(CCC(=O)NNC(=O)C(C)C)cc1Br. The van der Waals surface area contributed by atoms with Gasteiger partial charge < -0.3 is 4.74 Å². The van der Waals surface area contributed by atoms with Crippen molar-refractivity contribution in [3.05, 3.63) is 28.2 Å². The molecule has 0 saturated heterocycles. The first-order chi connectivity index (χ1) is 9.43. The zero-order valence-electron chi connectivity index (χ0n) is 11.8. The zero-order chi connectivity index (χ0) is 15.1. The summed E-state index contributed by atoms with van der Waals surface area (Å²) in [5, 5.41) is 0. The van der Waals surface area contributed by atoms with Crippen LogP contribution in [-0.4, -0.2) is 18.9 Å². The molecule has 6 heteroatoms. The second-order valence-electron chi connectivity index (χ2n) is 4.66. The van der Waals surface area contributed by atoms with Crippen LogP contribution in [0.3, 0.4) is 0 Å². The number of methoxy groups -OCH3 is 1. The Hall–Kier alpha value is -1.56. The molecule has 2 N–H and O–H groups in total. The molecule has 0 aromatic heterocycles. The molecule has 0 aliphatic carbocycles. The first-order valence-corrected chi connectivity index (χ1v) is 7.14. The summed E-state index contributed by atoms with van der Waals surface area (Å²) in [5.74, 6) is 0.173. The van der Waals surface area contributed by atoms with Gasteiger partial charge in [-0.1, -0.05) is 19.9 Å². The highest BCUT2D eigenvalue weighted by atomic mass is 79.9. The van der Waals surface area contributed by atoms with E-state index >= 15 is 0 Å². The maximum atomic E-state index is 11.6. The molecule has 0 saturated carbocycles. The number of carbonyl (C=O) groups excluding carboxylic acids is 2. The molecule has 110 valence electrons. The van der Waals surface area contributed by atoms with Gasteiger partial charge in [0.25, 0.3) is 0 Å². The Labute approximate surface area is 127 Å². The van der Waals surface area contributed by atoms with E-state index in [9.17, 15) is 9.59 Å². The second-order valence-corrected chi connectivity index (χ2v) is 5.52. The van der Waals surface area contributed by atoms with Gasteiger partial charge in [-0.25, -0.2) is 0 Å². The van der Waals surface area contributed by atoms with Crippen molar-refractivity contribution in [1.29, 1.82) is 0 Å². The molecule has 0 heterocycles. The van der Waals surface area contributed by atoms with Gasteiger partial charge in [-0.15, -0.1) is 0 Å². The third-order valence-corrected chi connectivity index (χ3v) is 3.33. The van der Waals surface area contributed by atoms with E-state index in [1.165, 1.54) is 0 Å². The van der Waals surface area contributed by atoms with Crippen LogP contribution in [0.2, 0.25) is 0 Å². The number of amides is 2. The van der Waals surface area contributed by atoms with Crippen molar-refractivity contribution in [1.82, 2.24) is 10.9 Å². The third-order valence-electron chi connectivity index (χ3n) is 2.71. The molecule has 2 amide bonds. The molecule has 1 aromatic rings. The molecule has 0 radical (unpaired) electrons. The second kappa shape index (κ2) is 7.89. The van der Waals surface area contributed by atoms with Crippen LogP contribution in [-0.2, 0) is 16.0 Å². The largest absolute Gasteiger partial charge is 0.496 e. The van der Waals surface area contributed by atoms with E-state index in [2.05, 4.69) is 26.8 Å². The molecule has 0 atom stereocenters. The van der Waals surface area contributed by atoms with Gasteiger partial charge in [0, 0.05) is 12.3 Å². The predicted octanol–water partition coefficient (Wildman–Crippen LogP) is 2.19. The van der Waals surface area contributed by atoms with Crippen molar-refractivity contribution in [2.75, 3.05) is 7.11 Å². The maximum absolute atomic E-state index is 11.6. The number of hydrogen-bond donors (Lipinski definition) is 2. The lowest BCUT2D eigenvalue weighted by Crippen LogP contribution is -2.43. The first kappa shape index (κ1) is 16.5. The molecule has 0 aliphatic heterocycles. The Morgan fingerprint density at radius 1 is 1.30 bits per heavy atom. The van der Waals surface area contributed by atoms with Crippen LogP contribution in [0.1, 0.15) is 25.8 Å². The summed E-state index contributed by atoms with van der Waals surface area (Å²) in [6.07, 6.45) is 0.892. The van der Waals surface area contributed by atoms with Crippen molar-refractivity contribution in [2.45, 2.75) is 26.7 Å². The lowest BCUT2D eigenvalue weighted by atomic mass is 10.1. The molecular formula is C14H19BrN2O3. The number of nitrogens with one attached hydrogen (secondary N) is 2. The molecule has 0 bridgehead atoms. The van der Waals surface area contributed by atoms with Crippen LogP contribution in [0.25, 0.3) is 0 Å². The first-order valence-electron chi connectivity index (χ1n) is 6.35. The summed E-state index contributed by atoms with van der Waals surface area (Å²) in [6, 6.07) is 5.67. The highest BCUT2D eigenvalue weighted by Gasteiger charge is 2.09. The van der Waals surface area contributed by atoms with Gasteiger partial charge in [-0.05, 0) is 40.0 Å². The van der Waals surface area contributed by atoms with E-state index in [0.29, 0.717) is 12.8 Å². The molecule has 5 nitrogen and oxygen atoms in total. The Morgan fingerprint density at radius 2 is 2.00 bits per heavy atom. The summed E-state index contributed by atoms with van der Waals surface area (Å²) >= 11 is 3.40. The van der Waals surface area contributed by atoms with E-state index in [4.69, 9.17) is 4.74 Å². The Morgan fingerprint density at radius 3 is 2.55 bits per heavy atom. The Kier molecular flexibility index (Phi) is 6.51. The van der Waals surface area contributed by atoms with Crippen molar-refractivity contribution < 1.29 is 14.3 Å². The summed E-state index contributed by atoms with van der Waals surface area (Å²) in [4.78, 5) is 22.9. The molecule has 0 fully saturated rings. The fourth-order valence-corrected chi connectivity index (χ4v) is 2.05. The van der Waals surface area contributed by atoms with Gasteiger partial charge in [-0.2, -0.15) is 0 Å². The summed E-state index contributed by atoms with van der Waals surface area (Å²) in [5.41, 5.74) is 5.79. The zero-order valence-corrected chi connectivity index (χ0v) is 13.4. The van der Waals surface area contributed by atoms with Crippen LogP contribution >= 0.6 is 15.9 Å². The Balaban J connectivity index is 2.41. The average Bonchev–Trinajstić information content (AvgIpc) is 2.42. The van der Waals surface area contributed by atoms with E-state index in [1.54, 1.807) is 21.0 Å². The standard InChI is InChI=1S/C14H19BrN2O3/c1-9(2)14(19)17-16-13(18)7-5-10-4-6-12(20-3)11(15)8-10/h4,6,8-9H,5,7H2,1-3H3,(H,16,18)(H,17,19). The molecular weight excluding hydrogens is 324 g/mol. The molecule has 0 spiro atoms. The van der Waals surface area contributed by atoms with Crippen LogP contribution in [0.15, 0.2) is 22.7 Å². The molecule has 1 aromatic carbocycles. The molecule has 0 unspecified atom stereocenters. The van der Waals surface area contributed by atoms with Crippen LogP contribution < -0.4 is 15.6 Å². The number of hydrogen-bond acceptors (Lipinski definition) is 3. The number of rotatable bonds is 5. The minimum absolute atomic E-state index is 0.159. The molecule has 20 heavy (non-hydrogen) atoms. The summed E-state index contributed by atoms with van der Waals surface area (Å²) in [7, 11) is 1.60. The number of aryl methyl sites for hydroxylation is 1. The summed E-state index contributed by atoms with van der Waals surface area (Å²) < 4.78 is 5.99. The smallest absolute Gasteiger partial charge is 0.240 e. The van der Waals surface area contributed by atoms with Crippen molar-refractivity contribution in [2.24, 2.45) is 5.92 Å². The topological polar surface area (TPSA) is 67.4 Å². The van der Waals surface area contributed by atoms with Gasteiger partial charge >= 0.3 is 0 Å². The minimum atomic E-state index is -0.217. The molecule has 1 rings (SSSR count). The predicted molar refractivity (Wildman–Crippen MR) is 80.1 cm³/mol. The number of halogens is 1. The average molecular weight is 343 g/mol. The van der Waals surface area contributed by atoms with Gasteiger partial charge in [0.2, 0.25) is 11.8 Å². The lowest BCUT2D eigenvalue weighted by Gasteiger charge is -2.09. The highest BCUT2D eigenvalue weighted by molar-refractivity contribution is 9.10. The number of carbonyl (C=O) groups is 2. The highest BCUT2D eigenvalue weighted by Crippen LogP contribution is 2.25. The van der Waals surface area contributed by atoms with Gasteiger partial charge in [0.05, 0.1) is 11.6 Å². The van der Waals surface area contributed by atoms with Crippen molar-refractivity contribution in [3.63, 3.8) is 0 Å². The van der Waals surface area contributed by atoms with E-state index in [-0.39, 0.29) is 17.7 Å². The normalized spacial score (nSPS) is 10.2. The monoisotopic (exact) mass is 342 g/mol. The van der Waals surface area contributed by atoms with Crippen LogP contribution in [0.5, 0.6) is 5.75 Å². The van der Waals surface area contributed by atoms with Crippen molar-refractivity contribution in [3.8, 4) is 5.75 Å². The Bertz CT molecular complexity index is 489. The molecule has 0 aliphatic rings. The number of ether oxygens (including phenoxy) is 1. The van der Waals surface area contributed by atoms with E-state index in [1.807, 2.05) is 18.2 Å². The maximum Gasteiger partial charge on any atom is 0.240 e. The van der Waals surface area contributed by atoms with Gasteiger partial charge in [0.1, 0.15) is 5.75 Å². The van der Waals surface area contributed by atoms with Gasteiger partial charge in [-0.3, -0.25) is 20.4 Å². The van der Waals surface area contributed by atoms with Crippen molar-refractivity contribution >= 4 is 27.7 Å². The minimum Gasteiger partial charge on any atom is -0.496 e. The van der Waals surface area contributed by atoms with E-state index in [0.717, 1.165) is 15.8 Å². The number of benzene rings is 1. The van der Waals surface area contributed by atoms with Crippen LogP contribution in [0.4, 0.5) is 0 Å². The summed E-state index contributed by atoms with van der Waals surface area (Å²) in [6.45, 7) is 3.52. The third kappa shape index (κ3) is 5.21. The van der Waals surface area contributed by atoms with Crippen LogP contribution in [0, 0.1) is 5.92 Å². The lowest BCUT2D eigenvalue weighted by molar-refractivity contribution is -0.130. The fraction of sp³-hybridized carbons (Fsp3) is 0.429. The quantitative estimate of drug-likeness (QED) is 0.806. The van der Waals surface area contributed by atoms with Gasteiger partial charge in [0.15, 0.2) is 0 Å². The fourth-order valence-electron chi connectivity index (χ4n) is 1.46. The number of hydrazine groups is 1. The van der Waals surface area contributed by atoms with E-state index < -0.39 is 0 Å².